The summed E-state index contributed by atoms with van der Waals surface area (Å²) in [4.78, 5) is 14.2. The minimum absolute atomic E-state index is 0.114. The van der Waals surface area contributed by atoms with Crippen LogP contribution in [0.1, 0.15) is 27.2 Å². The Balaban J connectivity index is 2.57. The first kappa shape index (κ1) is 11.4. The fourth-order valence-electron chi connectivity index (χ4n) is 1.65. The molecule has 14 heavy (non-hydrogen) atoms. The van der Waals surface area contributed by atoms with Gasteiger partial charge in [0.1, 0.15) is 0 Å². The molecule has 0 aromatic carbocycles. The molecule has 1 fully saturated rings. The molecule has 1 atom stereocenters. The highest BCUT2D eigenvalue weighted by Crippen LogP contribution is 2.30. The molecule has 0 bridgehead atoms. The first-order valence-corrected chi connectivity index (χ1v) is 5.34. The van der Waals surface area contributed by atoms with Crippen LogP contribution in [-0.2, 0) is 4.79 Å². The largest absolute Gasteiger partial charge is 0.393 e. The van der Waals surface area contributed by atoms with Crippen molar-refractivity contribution >= 4 is 23.1 Å². The smallest absolute Gasteiger partial charge is 0.228 e. The summed E-state index contributed by atoms with van der Waals surface area (Å²) in [6.45, 7) is 7.43. The number of carbonyl (C=O) groups excluding carboxylic acids is 1. The average molecular weight is 214 g/mol. The molecule has 0 saturated carbocycles. The second-order valence-corrected chi connectivity index (χ2v) is 5.16. The third kappa shape index (κ3) is 2.23. The lowest BCUT2D eigenvalue weighted by Gasteiger charge is -2.22. The lowest BCUT2D eigenvalue weighted by atomic mass is 9.92. The normalized spacial score (nSPS) is 22.5. The van der Waals surface area contributed by atoms with Gasteiger partial charge in [-0.3, -0.25) is 4.79 Å². The van der Waals surface area contributed by atoms with Gasteiger partial charge < -0.3 is 10.6 Å². The van der Waals surface area contributed by atoms with Crippen LogP contribution in [0.25, 0.3) is 0 Å². The van der Waals surface area contributed by atoms with Crippen LogP contribution in [0, 0.1) is 11.3 Å². The molecule has 1 unspecified atom stereocenters. The van der Waals surface area contributed by atoms with E-state index in [1.54, 1.807) is 0 Å². The van der Waals surface area contributed by atoms with E-state index in [9.17, 15) is 4.79 Å². The van der Waals surface area contributed by atoms with Crippen LogP contribution in [0.2, 0.25) is 0 Å². The minimum atomic E-state index is -0.198. The molecule has 1 rings (SSSR count). The summed E-state index contributed by atoms with van der Waals surface area (Å²) in [6.07, 6.45) is 0.926. The van der Waals surface area contributed by atoms with E-state index in [1.165, 1.54) is 0 Å². The van der Waals surface area contributed by atoms with E-state index in [-0.39, 0.29) is 17.2 Å². The summed E-state index contributed by atoms with van der Waals surface area (Å²) < 4.78 is 0. The molecule has 0 spiro atoms. The highest BCUT2D eigenvalue weighted by molar-refractivity contribution is 7.80. The van der Waals surface area contributed by atoms with E-state index in [2.05, 4.69) is 0 Å². The van der Waals surface area contributed by atoms with Crippen LogP contribution >= 0.6 is 12.2 Å². The van der Waals surface area contributed by atoms with Crippen LogP contribution < -0.4 is 5.73 Å². The Morgan fingerprint density at radius 3 is 2.64 bits per heavy atom. The van der Waals surface area contributed by atoms with Crippen molar-refractivity contribution in [3.05, 3.63) is 0 Å². The maximum atomic E-state index is 11.8. The maximum Gasteiger partial charge on any atom is 0.228 e. The number of likely N-dealkylation sites (tertiary alicyclic amines) is 1. The fourth-order valence-corrected chi connectivity index (χ4v) is 1.72. The zero-order valence-electron chi connectivity index (χ0n) is 9.04. The highest BCUT2D eigenvalue weighted by Gasteiger charge is 2.38. The first-order valence-electron chi connectivity index (χ1n) is 4.93. The number of thiocarbonyl (C=S) groups is 1. The van der Waals surface area contributed by atoms with Crippen molar-refractivity contribution in [1.29, 1.82) is 0 Å². The van der Waals surface area contributed by atoms with Gasteiger partial charge in [0.05, 0.1) is 4.99 Å². The molecule has 1 amide bonds. The van der Waals surface area contributed by atoms with Gasteiger partial charge in [0.25, 0.3) is 0 Å². The Morgan fingerprint density at radius 2 is 2.29 bits per heavy atom. The topological polar surface area (TPSA) is 46.3 Å². The molecule has 0 radical (unpaired) electrons. The molecule has 80 valence electrons. The quantitative estimate of drug-likeness (QED) is 0.717. The molecule has 1 saturated heterocycles. The zero-order chi connectivity index (χ0) is 10.9. The summed E-state index contributed by atoms with van der Waals surface area (Å²) in [5.74, 6) is 0.337. The standard InChI is InChI=1S/C10H18N2OS/c1-7(8(11)14)6-12-5-4-10(2,3)9(12)13/h7H,4-6H2,1-3H3,(H2,11,14). The molecule has 1 heterocycles. The third-order valence-corrected chi connectivity index (χ3v) is 3.26. The van der Waals surface area contributed by atoms with Crippen LogP contribution in [0.3, 0.4) is 0 Å². The lowest BCUT2D eigenvalue weighted by molar-refractivity contribution is -0.134. The number of rotatable bonds is 3. The van der Waals surface area contributed by atoms with Gasteiger partial charge in [-0.05, 0) is 6.42 Å². The van der Waals surface area contributed by atoms with Crippen molar-refractivity contribution in [3.8, 4) is 0 Å². The van der Waals surface area contributed by atoms with Crippen LogP contribution in [0.4, 0.5) is 0 Å². The van der Waals surface area contributed by atoms with Crippen LogP contribution in [0.15, 0.2) is 0 Å². The molecule has 0 aromatic heterocycles. The monoisotopic (exact) mass is 214 g/mol. The summed E-state index contributed by atoms with van der Waals surface area (Å²) in [6, 6.07) is 0. The Labute approximate surface area is 90.6 Å². The molecule has 4 heteroatoms. The van der Waals surface area contributed by atoms with Crippen LogP contribution in [-0.4, -0.2) is 28.9 Å². The summed E-state index contributed by atoms with van der Waals surface area (Å²) in [7, 11) is 0. The van der Waals surface area contributed by atoms with Gasteiger partial charge in [-0.2, -0.15) is 0 Å². The average Bonchev–Trinajstić information content (AvgIpc) is 2.32. The lowest BCUT2D eigenvalue weighted by Crippen LogP contribution is -2.37. The van der Waals surface area contributed by atoms with Gasteiger partial charge in [-0.25, -0.2) is 0 Å². The van der Waals surface area contributed by atoms with Crippen molar-refractivity contribution in [2.75, 3.05) is 13.1 Å². The highest BCUT2D eigenvalue weighted by atomic mass is 32.1. The molecular formula is C10H18N2OS. The van der Waals surface area contributed by atoms with Crippen molar-refractivity contribution in [1.82, 2.24) is 4.90 Å². The Kier molecular flexibility index (Phi) is 3.14. The van der Waals surface area contributed by atoms with Crippen LogP contribution in [0.5, 0.6) is 0 Å². The molecular weight excluding hydrogens is 196 g/mol. The van der Waals surface area contributed by atoms with Crippen molar-refractivity contribution in [3.63, 3.8) is 0 Å². The molecule has 1 aliphatic heterocycles. The van der Waals surface area contributed by atoms with E-state index >= 15 is 0 Å². The molecule has 0 aliphatic carbocycles. The van der Waals surface area contributed by atoms with Gasteiger partial charge >= 0.3 is 0 Å². The van der Waals surface area contributed by atoms with E-state index in [0.717, 1.165) is 13.0 Å². The van der Waals surface area contributed by atoms with Gasteiger partial charge in [0.15, 0.2) is 0 Å². The zero-order valence-corrected chi connectivity index (χ0v) is 9.86. The molecule has 1 aliphatic rings. The number of amides is 1. The summed E-state index contributed by atoms with van der Waals surface area (Å²) in [5, 5.41) is 0. The van der Waals surface area contributed by atoms with Crippen molar-refractivity contribution < 1.29 is 4.79 Å². The first-order chi connectivity index (χ1) is 6.34. The summed E-state index contributed by atoms with van der Waals surface area (Å²) >= 11 is 4.89. The van der Waals surface area contributed by atoms with E-state index in [0.29, 0.717) is 11.5 Å². The van der Waals surface area contributed by atoms with E-state index in [1.807, 2.05) is 25.7 Å². The van der Waals surface area contributed by atoms with Gasteiger partial charge in [-0.15, -0.1) is 0 Å². The number of hydrogen-bond acceptors (Lipinski definition) is 2. The predicted molar refractivity (Wildman–Crippen MR) is 60.9 cm³/mol. The summed E-state index contributed by atoms with van der Waals surface area (Å²) in [5.41, 5.74) is 5.32. The van der Waals surface area contributed by atoms with Gasteiger partial charge in [0.2, 0.25) is 5.91 Å². The fraction of sp³-hybridized carbons (Fsp3) is 0.800. The van der Waals surface area contributed by atoms with Gasteiger partial charge in [-0.1, -0.05) is 33.0 Å². The van der Waals surface area contributed by atoms with E-state index in [4.69, 9.17) is 18.0 Å². The second-order valence-electron chi connectivity index (χ2n) is 4.69. The molecule has 2 N–H and O–H groups in total. The van der Waals surface area contributed by atoms with Crippen molar-refractivity contribution in [2.24, 2.45) is 17.1 Å². The third-order valence-electron chi connectivity index (χ3n) is 2.85. The molecule has 0 aromatic rings. The Bertz CT molecular complexity index is 263. The van der Waals surface area contributed by atoms with E-state index < -0.39 is 0 Å². The Hall–Kier alpha value is -0.640. The SMILES string of the molecule is CC(CN1CCC(C)(C)C1=O)C(N)=S. The van der Waals surface area contributed by atoms with Gasteiger partial charge in [0, 0.05) is 24.4 Å². The Morgan fingerprint density at radius 1 is 1.71 bits per heavy atom. The molecule has 3 nitrogen and oxygen atoms in total. The minimum Gasteiger partial charge on any atom is -0.393 e. The van der Waals surface area contributed by atoms with Crippen molar-refractivity contribution in [2.45, 2.75) is 27.2 Å². The number of nitrogens with two attached hydrogens (primary N) is 1. The predicted octanol–water partition coefficient (Wildman–Crippen LogP) is 1.17. The second kappa shape index (κ2) is 3.85. The number of nitrogens with zero attached hydrogens (tertiary/aromatic N) is 1. The number of hydrogen-bond donors (Lipinski definition) is 1. The maximum absolute atomic E-state index is 11.8. The number of carbonyl (C=O) groups is 1.